The number of rotatable bonds is 5. The SMILES string of the molecule is CCS(=O)(=O)N1CCCC(Nc2cncc(N3C(=O)c4ccc(Cl)cc4C3(C)C)c2)C1. The third-order valence-corrected chi connectivity index (χ3v) is 8.21. The fourth-order valence-corrected chi connectivity index (χ4v) is 5.86. The number of sulfonamides is 1. The number of benzene rings is 1. The highest BCUT2D eigenvalue weighted by Crippen LogP contribution is 2.43. The molecule has 0 radical (unpaired) electrons. The highest BCUT2D eigenvalue weighted by molar-refractivity contribution is 7.89. The Bertz CT molecular complexity index is 1120. The van der Waals surface area contributed by atoms with E-state index in [0.717, 1.165) is 24.1 Å². The van der Waals surface area contributed by atoms with Crippen LogP contribution in [0, 0.1) is 0 Å². The number of carbonyl (C=O) groups excluding carboxylic acids is 1. The smallest absolute Gasteiger partial charge is 0.259 e. The van der Waals surface area contributed by atoms with E-state index in [1.807, 2.05) is 26.0 Å². The van der Waals surface area contributed by atoms with Gasteiger partial charge < -0.3 is 5.32 Å². The first-order chi connectivity index (χ1) is 14.6. The van der Waals surface area contributed by atoms with Gasteiger partial charge in [0.25, 0.3) is 5.91 Å². The largest absolute Gasteiger partial charge is 0.380 e. The van der Waals surface area contributed by atoms with Gasteiger partial charge in [-0.3, -0.25) is 14.7 Å². The van der Waals surface area contributed by atoms with Gasteiger partial charge in [-0.25, -0.2) is 8.42 Å². The second-order valence-corrected chi connectivity index (χ2v) is 11.3. The molecule has 7 nitrogen and oxygen atoms in total. The average molecular weight is 463 g/mol. The number of nitrogens with zero attached hydrogens (tertiary/aromatic N) is 3. The molecule has 1 saturated heterocycles. The van der Waals surface area contributed by atoms with Gasteiger partial charge in [0, 0.05) is 29.7 Å². The lowest BCUT2D eigenvalue weighted by Gasteiger charge is -2.34. The number of halogens is 1. The van der Waals surface area contributed by atoms with Crippen molar-refractivity contribution in [3.8, 4) is 0 Å². The highest BCUT2D eigenvalue weighted by atomic mass is 35.5. The Hall–Kier alpha value is -2.16. The van der Waals surface area contributed by atoms with Crippen LogP contribution in [0.4, 0.5) is 11.4 Å². The number of hydrogen-bond acceptors (Lipinski definition) is 5. The molecule has 4 rings (SSSR count). The van der Waals surface area contributed by atoms with Crippen molar-refractivity contribution in [2.45, 2.75) is 45.2 Å². The summed E-state index contributed by atoms with van der Waals surface area (Å²) in [5.41, 5.74) is 2.39. The number of fused-ring (bicyclic) bond motifs is 1. The van der Waals surface area contributed by atoms with E-state index in [-0.39, 0.29) is 17.7 Å². The van der Waals surface area contributed by atoms with Crippen LogP contribution in [0.25, 0.3) is 0 Å². The first-order valence-electron chi connectivity index (χ1n) is 10.5. The molecule has 1 N–H and O–H groups in total. The van der Waals surface area contributed by atoms with Gasteiger partial charge in [0.15, 0.2) is 0 Å². The van der Waals surface area contributed by atoms with Crippen LogP contribution < -0.4 is 10.2 Å². The Morgan fingerprint density at radius 3 is 2.77 bits per heavy atom. The quantitative estimate of drug-likeness (QED) is 0.729. The molecular weight excluding hydrogens is 436 g/mol. The Balaban J connectivity index is 1.58. The summed E-state index contributed by atoms with van der Waals surface area (Å²) in [4.78, 5) is 19.3. The van der Waals surface area contributed by atoms with E-state index in [0.29, 0.717) is 29.4 Å². The molecular formula is C22H27ClN4O3S. The van der Waals surface area contributed by atoms with E-state index >= 15 is 0 Å². The summed E-state index contributed by atoms with van der Waals surface area (Å²) in [7, 11) is -3.21. The summed E-state index contributed by atoms with van der Waals surface area (Å²) in [6.45, 7) is 6.63. The van der Waals surface area contributed by atoms with Crippen LogP contribution in [0.5, 0.6) is 0 Å². The van der Waals surface area contributed by atoms with Crippen LogP contribution in [0.15, 0.2) is 36.7 Å². The summed E-state index contributed by atoms with van der Waals surface area (Å²) in [5, 5.41) is 4.01. The zero-order chi connectivity index (χ0) is 22.4. The van der Waals surface area contributed by atoms with E-state index in [4.69, 9.17) is 11.6 Å². The maximum atomic E-state index is 13.2. The molecule has 1 aromatic heterocycles. The molecule has 0 saturated carbocycles. The standard InChI is InChI=1S/C22H27ClN4O3S/c1-4-31(29,30)26-9-5-6-16(14-26)25-17-11-18(13-24-12-17)27-21(28)19-8-7-15(23)10-20(19)22(27,2)3/h7-8,10-13,16,25H,4-6,9,14H2,1-3H3. The fraction of sp³-hybridized carbons (Fsp3) is 0.455. The number of anilines is 2. The lowest BCUT2D eigenvalue weighted by molar-refractivity contribution is 0.0982. The van der Waals surface area contributed by atoms with Crippen molar-refractivity contribution in [3.05, 3.63) is 52.8 Å². The van der Waals surface area contributed by atoms with Crippen molar-refractivity contribution in [1.82, 2.24) is 9.29 Å². The summed E-state index contributed by atoms with van der Waals surface area (Å²) < 4.78 is 26.1. The molecule has 9 heteroatoms. The van der Waals surface area contributed by atoms with Gasteiger partial charge in [0.2, 0.25) is 10.0 Å². The molecule has 0 bridgehead atoms. The maximum absolute atomic E-state index is 13.2. The van der Waals surface area contributed by atoms with Gasteiger partial charge in [-0.15, -0.1) is 0 Å². The maximum Gasteiger partial charge on any atom is 0.259 e. The molecule has 1 unspecified atom stereocenters. The molecule has 2 aliphatic heterocycles. The molecule has 1 fully saturated rings. The van der Waals surface area contributed by atoms with Crippen LogP contribution in [0.1, 0.15) is 49.5 Å². The van der Waals surface area contributed by atoms with Crippen molar-refractivity contribution < 1.29 is 13.2 Å². The summed E-state index contributed by atoms with van der Waals surface area (Å²) in [6, 6.07) is 7.23. The number of hydrogen-bond donors (Lipinski definition) is 1. The number of piperidine rings is 1. The highest BCUT2D eigenvalue weighted by Gasteiger charge is 2.44. The van der Waals surface area contributed by atoms with E-state index in [2.05, 4.69) is 10.3 Å². The number of amides is 1. The van der Waals surface area contributed by atoms with Gasteiger partial charge >= 0.3 is 0 Å². The van der Waals surface area contributed by atoms with Gasteiger partial charge in [-0.1, -0.05) is 11.6 Å². The van der Waals surface area contributed by atoms with Crippen LogP contribution in [0.3, 0.4) is 0 Å². The van der Waals surface area contributed by atoms with Crippen molar-refractivity contribution >= 4 is 38.9 Å². The second kappa shape index (κ2) is 8.07. The van der Waals surface area contributed by atoms with Crippen molar-refractivity contribution in [2.24, 2.45) is 0 Å². The van der Waals surface area contributed by atoms with Crippen molar-refractivity contribution in [2.75, 3.05) is 29.1 Å². The van der Waals surface area contributed by atoms with Crippen molar-refractivity contribution in [1.29, 1.82) is 0 Å². The predicted molar refractivity (Wildman–Crippen MR) is 123 cm³/mol. The lowest BCUT2D eigenvalue weighted by atomic mass is 9.93. The predicted octanol–water partition coefficient (Wildman–Crippen LogP) is 3.86. The second-order valence-electron chi connectivity index (χ2n) is 8.56. The molecule has 0 spiro atoms. The number of carbonyl (C=O) groups is 1. The zero-order valence-corrected chi connectivity index (χ0v) is 19.5. The average Bonchev–Trinajstić information content (AvgIpc) is 2.93. The third-order valence-electron chi connectivity index (χ3n) is 6.13. The molecule has 3 heterocycles. The Kier molecular flexibility index (Phi) is 5.74. The first kappa shape index (κ1) is 22.0. The van der Waals surface area contributed by atoms with Crippen LogP contribution in [0.2, 0.25) is 5.02 Å². The Morgan fingerprint density at radius 1 is 1.26 bits per heavy atom. The first-order valence-corrected chi connectivity index (χ1v) is 12.5. The zero-order valence-electron chi connectivity index (χ0n) is 17.9. The molecule has 1 aromatic carbocycles. The van der Waals surface area contributed by atoms with Gasteiger partial charge in [0.1, 0.15) is 0 Å². The third kappa shape index (κ3) is 4.04. The Labute approximate surface area is 188 Å². The fourth-order valence-electron chi connectivity index (χ4n) is 4.50. The molecule has 2 aliphatic rings. The molecule has 31 heavy (non-hydrogen) atoms. The minimum absolute atomic E-state index is 0.00887. The number of pyridine rings is 1. The Morgan fingerprint density at radius 2 is 2.03 bits per heavy atom. The summed E-state index contributed by atoms with van der Waals surface area (Å²) in [5.74, 6) is 0.0153. The van der Waals surface area contributed by atoms with E-state index in [1.165, 1.54) is 0 Å². The normalized spacial score (nSPS) is 21.2. The van der Waals surface area contributed by atoms with Gasteiger partial charge in [0.05, 0.1) is 35.1 Å². The van der Waals surface area contributed by atoms with Gasteiger partial charge in [-0.2, -0.15) is 4.31 Å². The minimum atomic E-state index is -3.21. The summed E-state index contributed by atoms with van der Waals surface area (Å²) in [6.07, 6.45) is 5.05. The number of aromatic nitrogens is 1. The topological polar surface area (TPSA) is 82.6 Å². The minimum Gasteiger partial charge on any atom is -0.380 e. The van der Waals surface area contributed by atoms with Crippen LogP contribution in [-0.2, 0) is 15.6 Å². The van der Waals surface area contributed by atoms with Crippen LogP contribution in [-0.4, -0.2) is 48.5 Å². The van der Waals surface area contributed by atoms with E-state index < -0.39 is 15.6 Å². The van der Waals surface area contributed by atoms with E-state index in [9.17, 15) is 13.2 Å². The van der Waals surface area contributed by atoms with Crippen molar-refractivity contribution in [3.63, 3.8) is 0 Å². The van der Waals surface area contributed by atoms with E-state index in [1.54, 1.807) is 40.7 Å². The number of nitrogens with one attached hydrogen (secondary N) is 1. The molecule has 1 amide bonds. The molecule has 1 atom stereocenters. The molecule has 0 aliphatic carbocycles. The molecule has 166 valence electrons. The van der Waals surface area contributed by atoms with Gasteiger partial charge in [-0.05, 0) is 63.4 Å². The summed E-state index contributed by atoms with van der Waals surface area (Å²) >= 11 is 6.18. The monoisotopic (exact) mass is 462 g/mol. The van der Waals surface area contributed by atoms with Crippen LogP contribution >= 0.6 is 11.6 Å². The molecule has 2 aromatic rings. The lowest BCUT2D eigenvalue weighted by Crippen LogP contribution is -2.45.